The number of rotatable bonds is 7. The van der Waals surface area contributed by atoms with Crippen molar-refractivity contribution in [1.29, 1.82) is 0 Å². The predicted molar refractivity (Wildman–Crippen MR) is 152 cm³/mol. The van der Waals surface area contributed by atoms with Gasteiger partial charge in [-0.25, -0.2) is 19.6 Å². The lowest BCUT2D eigenvalue weighted by Gasteiger charge is -2.37. The summed E-state index contributed by atoms with van der Waals surface area (Å²) in [5.74, 6) is 0.523. The van der Waals surface area contributed by atoms with E-state index in [0.717, 1.165) is 41.2 Å². The monoisotopic (exact) mass is 543 g/mol. The van der Waals surface area contributed by atoms with E-state index in [0.29, 0.717) is 37.1 Å². The zero-order valence-corrected chi connectivity index (χ0v) is 23.0. The highest BCUT2D eigenvalue weighted by Gasteiger charge is 2.52. The van der Waals surface area contributed by atoms with Crippen molar-refractivity contribution in [3.8, 4) is 0 Å². The first kappa shape index (κ1) is 25.8. The molecule has 0 atom stereocenters. The Labute approximate surface area is 231 Å². The van der Waals surface area contributed by atoms with Gasteiger partial charge in [-0.3, -0.25) is 9.69 Å². The summed E-state index contributed by atoms with van der Waals surface area (Å²) in [6, 6.07) is 5.48. The molecule has 208 valence electrons. The van der Waals surface area contributed by atoms with Gasteiger partial charge in [0.2, 0.25) is 0 Å². The minimum atomic E-state index is -0.946. The van der Waals surface area contributed by atoms with E-state index in [2.05, 4.69) is 38.9 Å². The number of nitrogens with zero attached hydrogens (tertiary/aromatic N) is 6. The molecule has 0 aliphatic carbocycles. The number of carbonyl (C=O) groups excluding carboxylic acids is 2. The topological polar surface area (TPSA) is 116 Å². The summed E-state index contributed by atoms with van der Waals surface area (Å²) < 4.78 is 7.62. The van der Waals surface area contributed by atoms with E-state index < -0.39 is 17.2 Å². The number of imidazole rings is 1. The molecule has 2 aliphatic heterocycles. The Morgan fingerprint density at radius 1 is 1.05 bits per heavy atom. The standard InChI is InChI=1S/C29H33N7O4/c1-4-33(5-2)20-6-7-21-19(3)22(26(37)40-23(21)18-20)8-13-36-27(38)29(32-28(36)39)9-14-34(15-10-29)24-25-31-12-17-35(25)16-11-30-24/h6-7,11-12,16-18H,4-5,8-10,13-15H2,1-3H3,(H,32,39). The van der Waals surface area contributed by atoms with Gasteiger partial charge in [0.05, 0.1) is 0 Å². The maximum absolute atomic E-state index is 13.6. The fourth-order valence-corrected chi connectivity index (χ4v) is 6.06. The van der Waals surface area contributed by atoms with E-state index >= 15 is 0 Å². The van der Waals surface area contributed by atoms with Crippen LogP contribution in [0.25, 0.3) is 16.6 Å². The third-order valence-corrected chi connectivity index (χ3v) is 8.44. The minimum absolute atomic E-state index is 0.111. The number of anilines is 2. The summed E-state index contributed by atoms with van der Waals surface area (Å²) in [7, 11) is 0. The number of hydrogen-bond donors (Lipinski definition) is 1. The van der Waals surface area contributed by atoms with Crippen molar-refractivity contribution in [1.82, 2.24) is 24.6 Å². The second kappa shape index (κ2) is 9.96. The summed E-state index contributed by atoms with van der Waals surface area (Å²) in [6.07, 6.45) is 8.32. The van der Waals surface area contributed by atoms with Crippen LogP contribution in [0, 0.1) is 6.92 Å². The Kier molecular flexibility index (Phi) is 6.44. The largest absolute Gasteiger partial charge is 0.422 e. The normalized spacial score (nSPS) is 16.9. The molecule has 1 spiro atoms. The summed E-state index contributed by atoms with van der Waals surface area (Å²) in [4.78, 5) is 53.9. The zero-order chi connectivity index (χ0) is 28.0. The van der Waals surface area contributed by atoms with Crippen LogP contribution in [0.15, 0.2) is 52.2 Å². The summed E-state index contributed by atoms with van der Waals surface area (Å²) in [5.41, 5.74) is 2.22. The first-order valence-electron chi connectivity index (χ1n) is 13.8. The van der Waals surface area contributed by atoms with Crippen LogP contribution in [0.1, 0.15) is 37.8 Å². The Hall–Kier alpha value is -4.41. The Balaban J connectivity index is 1.17. The average Bonchev–Trinajstić information content (AvgIpc) is 3.52. The molecule has 0 bridgehead atoms. The molecule has 11 nitrogen and oxygen atoms in total. The highest BCUT2D eigenvalue weighted by molar-refractivity contribution is 6.07. The first-order valence-corrected chi connectivity index (χ1v) is 13.8. The van der Waals surface area contributed by atoms with Crippen molar-refractivity contribution in [2.24, 2.45) is 0 Å². The van der Waals surface area contributed by atoms with Gasteiger partial charge in [0.25, 0.3) is 5.91 Å². The van der Waals surface area contributed by atoms with Gasteiger partial charge >= 0.3 is 11.7 Å². The molecule has 2 aliphatic rings. The maximum Gasteiger partial charge on any atom is 0.339 e. The molecule has 5 heterocycles. The van der Waals surface area contributed by atoms with Crippen LogP contribution in [0.4, 0.5) is 16.3 Å². The van der Waals surface area contributed by atoms with Crippen molar-refractivity contribution < 1.29 is 14.0 Å². The van der Waals surface area contributed by atoms with E-state index in [4.69, 9.17) is 4.42 Å². The number of fused-ring (bicyclic) bond motifs is 2. The Morgan fingerprint density at radius 2 is 1.77 bits per heavy atom. The Bertz CT molecular complexity index is 1660. The molecule has 2 saturated heterocycles. The van der Waals surface area contributed by atoms with Gasteiger partial charge in [0.15, 0.2) is 11.5 Å². The molecule has 0 saturated carbocycles. The number of amides is 3. The number of imide groups is 1. The molecule has 6 rings (SSSR count). The lowest BCUT2D eigenvalue weighted by atomic mass is 9.87. The van der Waals surface area contributed by atoms with Gasteiger partial charge in [-0.1, -0.05) is 0 Å². The third kappa shape index (κ3) is 4.16. The van der Waals surface area contributed by atoms with Gasteiger partial charge in [0, 0.05) is 80.2 Å². The summed E-state index contributed by atoms with van der Waals surface area (Å²) in [6.45, 7) is 8.99. The third-order valence-electron chi connectivity index (χ3n) is 8.44. The maximum atomic E-state index is 13.6. The van der Waals surface area contributed by atoms with Crippen LogP contribution in [-0.4, -0.2) is 69.5 Å². The lowest BCUT2D eigenvalue weighted by Crippen LogP contribution is -2.55. The molecule has 0 radical (unpaired) electrons. The second-order valence-electron chi connectivity index (χ2n) is 10.5. The van der Waals surface area contributed by atoms with Crippen molar-refractivity contribution in [2.45, 2.75) is 45.6 Å². The van der Waals surface area contributed by atoms with Gasteiger partial charge in [-0.15, -0.1) is 0 Å². The van der Waals surface area contributed by atoms with Crippen LogP contribution >= 0.6 is 0 Å². The van der Waals surface area contributed by atoms with Gasteiger partial charge in [0.1, 0.15) is 11.1 Å². The van der Waals surface area contributed by atoms with Crippen molar-refractivity contribution in [3.05, 3.63) is 64.5 Å². The van der Waals surface area contributed by atoms with Gasteiger partial charge in [-0.2, -0.15) is 0 Å². The second-order valence-corrected chi connectivity index (χ2v) is 10.5. The van der Waals surface area contributed by atoms with Crippen LogP contribution < -0.4 is 20.7 Å². The number of nitrogens with one attached hydrogen (secondary N) is 1. The molecule has 1 aromatic carbocycles. The number of piperidine rings is 1. The fraction of sp³-hybridized carbons (Fsp3) is 0.414. The van der Waals surface area contributed by atoms with Crippen LogP contribution in [0.2, 0.25) is 0 Å². The number of urea groups is 1. The number of hydrogen-bond acceptors (Lipinski definition) is 8. The molecule has 3 aromatic heterocycles. The quantitative estimate of drug-likeness (QED) is 0.279. The first-order chi connectivity index (χ1) is 19.3. The molecule has 4 aromatic rings. The van der Waals surface area contributed by atoms with Crippen molar-refractivity contribution >= 4 is 40.1 Å². The summed E-state index contributed by atoms with van der Waals surface area (Å²) >= 11 is 0. The van der Waals surface area contributed by atoms with Crippen LogP contribution in [0.3, 0.4) is 0 Å². The number of carbonyl (C=O) groups is 2. The van der Waals surface area contributed by atoms with E-state index in [1.807, 2.05) is 41.9 Å². The van der Waals surface area contributed by atoms with E-state index in [9.17, 15) is 14.4 Å². The predicted octanol–water partition coefficient (Wildman–Crippen LogP) is 3.12. The van der Waals surface area contributed by atoms with Crippen molar-refractivity contribution in [2.75, 3.05) is 42.5 Å². The molecule has 1 N–H and O–H groups in total. The number of aromatic nitrogens is 3. The summed E-state index contributed by atoms with van der Waals surface area (Å²) in [5, 5.41) is 3.81. The smallest absolute Gasteiger partial charge is 0.339 e. The molecular weight excluding hydrogens is 510 g/mol. The highest BCUT2D eigenvalue weighted by atomic mass is 16.4. The molecule has 3 amide bonds. The van der Waals surface area contributed by atoms with E-state index in [1.54, 1.807) is 12.4 Å². The number of aryl methyl sites for hydroxylation is 1. The SMILES string of the molecule is CCN(CC)c1ccc2c(C)c(CCN3C(=O)NC4(CCN(c5nccn6ccnc56)CC4)C3=O)c(=O)oc2c1. The molecule has 40 heavy (non-hydrogen) atoms. The van der Waals surface area contributed by atoms with Crippen LogP contribution in [-0.2, 0) is 11.2 Å². The van der Waals surface area contributed by atoms with Gasteiger partial charge < -0.3 is 23.9 Å². The van der Waals surface area contributed by atoms with Gasteiger partial charge in [-0.05, 0) is 57.7 Å². The Morgan fingerprint density at radius 3 is 2.50 bits per heavy atom. The molecular formula is C29H33N7O4. The van der Waals surface area contributed by atoms with Crippen LogP contribution in [0.5, 0.6) is 0 Å². The van der Waals surface area contributed by atoms with E-state index in [1.165, 1.54) is 4.90 Å². The minimum Gasteiger partial charge on any atom is -0.422 e. The zero-order valence-electron chi connectivity index (χ0n) is 23.0. The molecule has 11 heteroatoms. The highest BCUT2D eigenvalue weighted by Crippen LogP contribution is 2.32. The van der Waals surface area contributed by atoms with E-state index in [-0.39, 0.29) is 18.9 Å². The number of benzene rings is 1. The average molecular weight is 544 g/mol. The fourth-order valence-electron chi connectivity index (χ4n) is 6.06. The lowest BCUT2D eigenvalue weighted by molar-refractivity contribution is -0.132. The molecule has 2 fully saturated rings. The van der Waals surface area contributed by atoms with Crippen molar-refractivity contribution in [3.63, 3.8) is 0 Å². The molecule has 0 unspecified atom stereocenters.